The summed E-state index contributed by atoms with van der Waals surface area (Å²) in [6, 6.07) is 14.6. The number of carbonyl (C=O) groups is 3. The summed E-state index contributed by atoms with van der Waals surface area (Å²) in [4.78, 5) is 37.6. The third-order valence-electron chi connectivity index (χ3n) is 5.43. The first kappa shape index (κ1) is 21.4. The highest BCUT2D eigenvalue weighted by Gasteiger charge is 2.30. The quantitative estimate of drug-likeness (QED) is 0.697. The minimum Gasteiger partial charge on any atom is -0.480 e. The lowest BCUT2D eigenvalue weighted by Crippen LogP contribution is -2.45. The van der Waals surface area contributed by atoms with Crippen molar-refractivity contribution in [2.24, 2.45) is 0 Å². The third-order valence-corrected chi connectivity index (χ3v) is 5.43. The molecule has 0 fully saturated rings. The summed E-state index contributed by atoms with van der Waals surface area (Å²) in [6.45, 7) is 4.67. The van der Waals surface area contributed by atoms with Crippen molar-refractivity contribution in [2.45, 2.75) is 32.2 Å². The molecule has 0 heterocycles. The van der Waals surface area contributed by atoms with Crippen molar-refractivity contribution in [3.63, 3.8) is 0 Å². The van der Waals surface area contributed by atoms with E-state index < -0.39 is 18.1 Å². The van der Waals surface area contributed by atoms with Crippen LogP contribution in [0.2, 0.25) is 0 Å². The van der Waals surface area contributed by atoms with Crippen LogP contribution in [0.5, 0.6) is 0 Å². The van der Waals surface area contributed by atoms with Crippen LogP contribution >= 0.6 is 0 Å². The summed E-state index contributed by atoms with van der Waals surface area (Å²) >= 11 is 0. The second-order valence-corrected chi connectivity index (χ2v) is 7.13. The van der Waals surface area contributed by atoms with Crippen molar-refractivity contribution in [1.29, 1.82) is 0 Å². The average molecular weight is 410 g/mol. The lowest BCUT2D eigenvalue weighted by atomic mass is 9.98. The van der Waals surface area contributed by atoms with Gasteiger partial charge in [0, 0.05) is 19.0 Å². The number of amides is 2. The van der Waals surface area contributed by atoms with Crippen molar-refractivity contribution >= 4 is 18.0 Å². The molecule has 0 aliphatic heterocycles. The molecular weight excluding hydrogens is 384 g/mol. The number of rotatable bonds is 8. The molecule has 158 valence electrons. The zero-order chi connectivity index (χ0) is 21.7. The van der Waals surface area contributed by atoms with E-state index in [1.807, 2.05) is 62.4 Å². The molecule has 7 heteroatoms. The van der Waals surface area contributed by atoms with Crippen LogP contribution in [-0.2, 0) is 14.3 Å². The van der Waals surface area contributed by atoms with Gasteiger partial charge in [0.1, 0.15) is 12.6 Å². The maximum Gasteiger partial charge on any atom is 0.407 e. The number of carboxylic acids is 1. The standard InChI is InChI=1S/C23H26N2O5/c1-3-25(4-2)21(26)13-20(22(27)28)24-23(29)30-14-19-17-11-7-5-9-15(17)16-10-6-8-12-18(16)19/h5-12,19-20H,3-4,13-14H2,1-2H3,(H,24,29)(H,27,28)/t20-/m0/s1. The van der Waals surface area contributed by atoms with E-state index >= 15 is 0 Å². The fourth-order valence-electron chi connectivity index (χ4n) is 3.86. The Morgan fingerprint density at radius 1 is 1.00 bits per heavy atom. The Morgan fingerprint density at radius 2 is 1.53 bits per heavy atom. The largest absolute Gasteiger partial charge is 0.480 e. The van der Waals surface area contributed by atoms with Gasteiger partial charge in [0.05, 0.1) is 6.42 Å². The molecule has 0 saturated carbocycles. The average Bonchev–Trinajstić information content (AvgIpc) is 3.06. The number of fused-ring (bicyclic) bond motifs is 3. The van der Waals surface area contributed by atoms with Gasteiger partial charge in [-0.1, -0.05) is 48.5 Å². The van der Waals surface area contributed by atoms with E-state index in [-0.39, 0.29) is 24.9 Å². The van der Waals surface area contributed by atoms with Gasteiger partial charge in [0.2, 0.25) is 5.91 Å². The highest BCUT2D eigenvalue weighted by Crippen LogP contribution is 2.44. The van der Waals surface area contributed by atoms with Gasteiger partial charge in [-0.05, 0) is 36.1 Å². The summed E-state index contributed by atoms with van der Waals surface area (Å²) in [6.07, 6.45) is -1.17. The monoisotopic (exact) mass is 410 g/mol. The first-order valence-electron chi connectivity index (χ1n) is 10.1. The normalized spacial score (nSPS) is 13.1. The third kappa shape index (κ3) is 4.45. The summed E-state index contributed by atoms with van der Waals surface area (Å²) in [5.41, 5.74) is 4.35. The number of alkyl carbamates (subject to hydrolysis) is 1. The Labute approximate surface area is 175 Å². The van der Waals surface area contributed by atoms with Gasteiger partial charge in [-0.25, -0.2) is 9.59 Å². The number of ether oxygens (including phenoxy) is 1. The molecule has 2 aromatic rings. The minimum atomic E-state index is -1.34. The first-order chi connectivity index (χ1) is 14.5. The number of carboxylic acid groups (broad SMARTS) is 1. The summed E-state index contributed by atoms with van der Waals surface area (Å²) in [5, 5.41) is 11.7. The Bertz CT molecular complexity index is 893. The van der Waals surface area contributed by atoms with Gasteiger partial charge in [-0.2, -0.15) is 0 Å². The van der Waals surface area contributed by atoms with Crippen LogP contribution in [-0.4, -0.2) is 53.7 Å². The number of aliphatic carboxylic acids is 1. The second-order valence-electron chi connectivity index (χ2n) is 7.13. The first-order valence-corrected chi connectivity index (χ1v) is 10.1. The van der Waals surface area contributed by atoms with Crippen LogP contribution in [0.25, 0.3) is 11.1 Å². The van der Waals surface area contributed by atoms with Gasteiger partial charge < -0.3 is 20.1 Å². The van der Waals surface area contributed by atoms with Gasteiger partial charge in [-0.15, -0.1) is 0 Å². The molecule has 0 spiro atoms. The van der Waals surface area contributed by atoms with Crippen LogP contribution in [0, 0.1) is 0 Å². The predicted octanol–water partition coefficient (Wildman–Crippen LogP) is 3.24. The Hall–Kier alpha value is -3.35. The van der Waals surface area contributed by atoms with Crippen LogP contribution in [0.4, 0.5) is 4.79 Å². The van der Waals surface area contributed by atoms with Crippen molar-refractivity contribution in [3.05, 3.63) is 59.7 Å². The molecule has 0 bridgehead atoms. The van der Waals surface area contributed by atoms with Crippen LogP contribution in [0.15, 0.2) is 48.5 Å². The molecular formula is C23H26N2O5. The fourth-order valence-corrected chi connectivity index (χ4v) is 3.86. The van der Waals surface area contributed by atoms with Crippen molar-refractivity contribution < 1.29 is 24.2 Å². The molecule has 0 saturated heterocycles. The molecule has 30 heavy (non-hydrogen) atoms. The molecule has 2 amide bonds. The lowest BCUT2D eigenvalue weighted by molar-refractivity contribution is -0.143. The molecule has 0 unspecified atom stereocenters. The van der Waals surface area contributed by atoms with Crippen LogP contribution in [0.1, 0.15) is 37.3 Å². The number of carbonyl (C=O) groups excluding carboxylic acids is 2. The highest BCUT2D eigenvalue weighted by atomic mass is 16.5. The van der Waals surface area contributed by atoms with E-state index in [2.05, 4.69) is 5.32 Å². The van der Waals surface area contributed by atoms with E-state index in [4.69, 9.17) is 4.74 Å². The second kappa shape index (κ2) is 9.43. The molecule has 2 aromatic carbocycles. The van der Waals surface area contributed by atoms with E-state index in [1.165, 1.54) is 4.90 Å². The Kier molecular flexibility index (Phi) is 6.72. The molecule has 2 N–H and O–H groups in total. The molecule has 0 aromatic heterocycles. The summed E-state index contributed by atoms with van der Waals surface area (Å²) in [7, 11) is 0. The van der Waals surface area contributed by atoms with E-state index in [0.717, 1.165) is 22.3 Å². The van der Waals surface area contributed by atoms with E-state index in [1.54, 1.807) is 0 Å². The maximum atomic E-state index is 12.3. The fraction of sp³-hybridized carbons (Fsp3) is 0.348. The zero-order valence-electron chi connectivity index (χ0n) is 17.1. The van der Waals surface area contributed by atoms with E-state index in [0.29, 0.717) is 13.1 Å². The number of nitrogens with one attached hydrogen (secondary N) is 1. The molecule has 7 nitrogen and oxygen atoms in total. The summed E-state index contributed by atoms with van der Waals surface area (Å²) in [5.74, 6) is -1.72. The lowest BCUT2D eigenvalue weighted by Gasteiger charge is -2.21. The molecule has 1 aliphatic rings. The summed E-state index contributed by atoms with van der Waals surface area (Å²) < 4.78 is 5.38. The Balaban J connectivity index is 1.65. The maximum absolute atomic E-state index is 12.3. The van der Waals surface area contributed by atoms with Crippen molar-refractivity contribution in [3.8, 4) is 11.1 Å². The molecule has 1 aliphatic carbocycles. The van der Waals surface area contributed by atoms with Gasteiger partial charge in [0.15, 0.2) is 0 Å². The number of benzene rings is 2. The number of hydrogen-bond acceptors (Lipinski definition) is 4. The van der Waals surface area contributed by atoms with Crippen LogP contribution < -0.4 is 5.32 Å². The highest BCUT2D eigenvalue weighted by molar-refractivity contribution is 5.87. The van der Waals surface area contributed by atoms with Gasteiger partial charge in [0.25, 0.3) is 0 Å². The molecule has 1 atom stereocenters. The van der Waals surface area contributed by atoms with Crippen LogP contribution in [0.3, 0.4) is 0 Å². The molecule has 3 rings (SSSR count). The number of hydrogen-bond donors (Lipinski definition) is 2. The Morgan fingerprint density at radius 3 is 2.03 bits per heavy atom. The van der Waals surface area contributed by atoms with Crippen molar-refractivity contribution in [1.82, 2.24) is 10.2 Å². The van der Waals surface area contributed by atoms with Gasteiger partial charge in [-0.3, -0.25) is 4.79 Å². The zero-order valence-corrected chi connectivity index (χ0v) is 17.1. The molecule has 0 radical (unpaired) electrons. The predicted molar refractivity (Wildman–Crippen MR) is 112 cm³/mol. The van der Waals surface area contributed by atoms with Gasteiger partial charge >= 0.3 is 12.1 Å². The smallest absolute Gasteiger partial charge is 0.407 e. The minimum absolute atomic E-state index is 0.0796. The SMILES string of the molecule is CCN(CC)C(=O)C[C@H](NC(=O)OCC1c2ccccc2-c2ccccc21)C(=O)O. The topological polar surface area (TPSA) is 95.9 Å². The number of nitrogens with zero attached hydrogens (tertiary/aromatic N) is 1. The van der Waals surface area contributed by atoms with E-state index in [9.17, 15) is 19.5 Å². The van der Waals surface area contributed by atoms with Crippen molar-refractivity contribution in [2.75, 3.05) is 19.7 Å².